The van der Waals surface area contributed by atoms with E-state index in [9.17, 15) is 13.6 Å². The van der Waals surface area contributed by atoms with Gasteiger partial charge in [0, 0.05) is 42.5 Å². The molecule has 51 heavy (non-hydrogen) atoms. The van der Waals surface area contributed by atoms with Crippen molar-refractivity contribution in [1.29, 1.82) is 0 Å². The summed E-state index contributed by atoms with van der Waals surface area (Å²) in [5.74, 6) is 7.03. The predicted molar refractivity (Wildman–Crippen MR) is 187 cm³/mol. The van der Waals surface area contributed by atoms with Crippen molar-refractivity contribution in [3.63, 3.8) is 0 Å². The summed E-state index contributed by atoms with van der Waals surface area (Å²) in [4.78, 5) is 19.5. The number of nitrogens with zero attached hydrogens (tertiary/aromatic N) is 4. The minimum atomic E-state index is -0.669. The molecule has 3 N–H and O–H groups in total. The number of rotatable bonds is 11. The molecule has 0 saturated heterocycles. The van der Waals surface area contributed by atoms with Crippen LogP contribution in [0.3, 0.4) is 0 Å². The fraction of sp³-hybridized carbons (Fsp3) is 0.229. The van der Waals surface area contributed by atoms with Crippen LogP contribution in [-0.2, 0) is 0 Å². The van der Waals surface area contributed by atoms with Gasteiger partial charge < -0.3 is 22.7 Å². The average molecular weight is 744 g/mol. The third kappa shape index (κ3) is 9.08. The molecule has 268 valence electrons. The highest BCUT2D eigenvalue weighted by Crippen LogP contribution is 2.37. The number of nitrogens with two attached hydrogens (primary N) is 1. The van der Waals surface area contributed by atoms with Crippen molar-refractivity contribution in [2.24, 2.45) is 5.84 Å². The number of hydrogen-bond acceptors (Lipinski definition) is 11. The molecular weight excluding hydrogens is 709 g/mol. The van der Waals surface area contributed by atoms with E-state index in [1.165, 1.54) is 19.2 Å². The molecule has 1 unspecified atom stereocenters. The molecule has 16 heteroatoms. The Hall–Kier alpha value is -5.31. The number of nitrogen functional groups attached to an aromatic ring is 1. The van der Waals surface area contributed by atoms with Gasteiger partial charge in [0.15, 0.2) is 23.3 Å². The SMILES string of the molecule is COc1cc(-c2nnc(C(CCCCl)c3ccc(F)cc3F)o2)ccc1-c1cnc(C)o1.COc1cc(C(=O)NN)ccc1-c1cnc(C)o1.Cl. The van der Waals surface area contributed by atoms with Crippen LogP contribution in [0.5, 0.6) is 11.5 Å². The standard InChI is InChI=1S/C23H20ClF2N3O3.C12H13N3O3.ClH/c1-13-27-12-21(31-13)18-7-5-14(10-20(18)30-2)22-28-29-23(32-22)17(4-3-9-24)16-8-6-15(25)11-19(16)26;1-7-14-6-11(18-7)9-4-3-8(12(16)15-13)5-10(9)17-2;/h5-8,10-12,17H,3-4,9H2,1-2H3;3-6H,13H2,1-2H3,(H,15,16);1H. The van der Waals surface area contributed by atoms with Gasteiger partial charge in [0.1, 0.15) is 23.1 Å². The molecular formula is C35H34Cl2F2N6O6. The summed E-state index contributed by atoms with van der Waals surface area (Å²) in [6.45, 7) is 3.52. The molecule has 3 aromatic carbocycles. The number of hydrazine groups is 1. The highest BCUT2D eigenvalue weighted by atomic mass is 35.5. The third-order valence-corrected chi connectivity index (χ3v) is 7.79. The molecule has 0 radical (unpaired) electrons. The number of benzene rings is 3. The van der Waals surface area contributed by atoms with Gasteiger partial charge in [0.2, 0.25) is 11.8 Å². The van der Waals surface area contributed by atoms with Gasteiger partial charge in [0.25, 0.3) is 5.91 Å². The Bertz CT molecular complexity index is 2090. The van der Waals surface area contributed by atoms with Crippen molar-refractivity contribution < 1.29 is 36.3 Å². The summed E-state index contributed by atoms with van der Waals surface area (Å²) in [5.41, 5.74) is 4.83. The van der Waals surface area contributed by atoms with Crippen molar-refractivity contribution in [2.45, 2.75) is 32.6 Å². The van der Waals surface area contributed by atoms with Crippen molar-refractivity contribution in [3.05, 3.63) is 107 Å². The maximum atomic E-state index is 14.5. The number of amides is 1. The third-order valence-electron chi connectivity index (χ3n) is 7.52. The maximum Gasteiger partial charge on any atom is 0.265 e. The fourth-order valence-electron chi connectivity index (χ4n) is 5.09. The zero-order chi connectivity index (χ0) is 35.8. The maximum absolute atomic E-state index is 14.5. The highest BCUT2D eigenvalue weighted by molar-refractivity contribution is 6.17. The monoisotopic (exact) mass is 742 g/mol. The van der Waals surface area contributed by atoms with E-state index < -0.39 is 17.6 Å². The van der Waals surface area contributed by atoms with E-state index in [0.717, 1.165) is 17.2 Å². The van der Waals surface area contributed by atoms with Gasteiger partial charge in [-0.05, 0) is 55.3 Å². The number of halogens is 4. The minimum Gasteiger partial charge on any atom is -0.496 e. The van der Waals surface area contributed by atoms with Gasteiger partial charge in [-0.1, -0.05) is 6.07 Å². The Morgan fingerprint density at radius 2 is 1.51 bits per heavy atom. The Labute approximate surface area is 302 Å². The number of alkyl halides is 1. The normalized spacial score (nSPS) is 11.2. The van der Waals surface area contributed by atoms with Gasteiger partial charge in [-0.15, -0.1) is 34.2 Å². The second-order valence-corrected chi connectivity index (χ2v) is 11.2. The zero-order valence-electron chi connectivity index (χ0n) is 27.9. The Balaban J connectivity index is 0.000000261. The Morgan fingerprint density at radius 1 is 0.882 bits per heavy atom. The lowest BCUT2D eigenvalue weighted by molar-refractivity contribution is 0.0953. The second-order valence-electron chi connectivity index (χ2n) is 10.8. The van der Waals surface area contributed by atoms with Crippen LogP contribution in [0.2, 0.25) is 0 Å². The molecule has 0 bridgehead atoms. The molecule has 3 heterocycles. The number of ether oxygens (including phenoxy) is 2. The summed E-state index contributed by atoms with van der Waals surface area (Å²) in [6, 6.07) is 13.7. The molecule has 1 amide bonds. The van der Waals surface area contributed by atoms with Crippen LogP contribution in [0.25, 0.3) is 34.1 Å². The number of nitrogens with one attached hydrogen (secondary N) is 1. The van der Waals surface area contributed by atoms with Gasteiger partial charge in [-0.25, -0.2) is 24.6 Å². The molecule has 0 aliphatic carbocycles. The lowest BCUT2D eigenvalue weighted by Gasteiger charge is -2.14. The van der Waals surface area contributed by atoms with E-state index in [-0.39, 0.29) is 35.7 Å². The molecule has 0 aliphatic heterocycles. The van der Waals surface area contributed by atoms with E-state index >= 15 is 0 Å². The van der Waals surface area contributed by atoms with Crippen LogP contribution in [0.1, 0.15) is 52.4 Å². The summed E-state index contributed by atoms with van der Waals surface area (Å²) >= 11 is 5.84. The van der Waals surface area contributed by atoms with E-state index in [4.69, 9.17) is 40.2 Å². The first kappa shape index (κ1) is 38.5. The lowest BCUT2D eigenvalue weighted by Crippen LogP contribution is -2.29. The summed E-state index contributed by atoms with van der Waals surface area (Å²) in [6.07, 6.45) is 4.30. The first-order valence-electron chi connectivity index (χ1n) is 15.2. The Morgan fingerprint density at radius 3 is 2.06 bits per heavy atom. The zero-order valence-corrected chi connectivity index (χ0v) is 29.5. The predicted octanol–water partition coefficient (Wildman–Crippen LogP) is 7.82. The quantitative estimate of drug-likeness (QED) is 0.0575. The number of aryl methyl sites for hydroxylation is 2. The number of carbonyl (C=O) groups excluding carboxylic acids is 1. The van der Waals surface area contributed by atoms with Crippen molar-refractivity contribution in [3.8, 4) is 45.6 Å². The average Bonchev–Trinajstić information content (AvgIpc) is 3.90. The van der Waals surface area contributed by atoms with E-state index in [1.54, 1.807) is 63.7 Å². The smallest absolute Gasteiger partial charge is 0.265 e. The summed E-state index contributed by atoms with van der Waals surface area (Å²) in [7, 11) is 3.07. The van der Waals surface area contributed by atoms with E-state index in [2.05, 4.69) is 25.6 Å². The molecule has 6 rings (SSSR count). The van der Waals surface area contributed by atoms with Crippen LogP contribution in [0, 0.1) is 25.5 Å². The van der Waals surface area contributed by atoms with E-state index in [1.807, 2.05) is 6.07 Å². The van der Waals surface area contributed by atoms with Crippen molar-refractivity contribution >= 4 is 29.9 Å². The fourth-order valence-corrected chi connectivity index (χ4v) is 5.24. The van der Waals surface area contributed by atoms with Gasteiger partial charge in [-0.3, -0.25) is 10.2 Å². The van der Waals surface area contributed by atoms with Crippen molar-refractivity contribution in [2.75, 3.05) is 20.1 Å². The molecule has 1 atom stereocenters. The van der Waals surface area contributed by atoms with Crippen LogP contribution < -0.4 is 20.7 Å². The number of carbonyl (C=O) groups is 1. The highest BCUT2D eigenvalue weighted by Gasteiger charge is 2.25. The minimum absolute atomic E-state index is 0. The van der Waals surface area contributed by atoms with E-state index in [0.29, 0.717) is 64.6 Å². The van der Waals surface area contributed by atoms with Crippen LogP contribution in [-0.4, -0.2) is 46.2 Å². The molecule has 0 saturated carbocycles. The first-order valence-corrected chi connectivity index (χ1v) is 15.8. The summed E-state index contributed by atoms with van der Waals surface area (Å²) < 4.78 is 55.5. The number of methoxy groups -OCH3 is 2. The molecule has 0 fully saturated rings. The van der Waals surface area contributed by atoms with Crippen LogP contribution in [0.15, 0.2) is 80.2 Å². The van der Waals surface area contributed by atoms with Gasteiger partial charge in [-0.2, -0.15) is 0 Å². The molecule has 0 spiro atoms. The van der Waals surface area contributed by atoms with Crippen LogP contribution in [0.4, 0.5) is 8.78 Å². The van der Waals surface area contributed by atoms with Crippen LogP contribution >= 0.6 is 24.0 Å². The molecule has 0 aliphatic rings. The molecule has 6 aromatic rings. The number of aromatic nitrogens is 4. The number of hydrogen-bond donors (Lipinski definition) is 2. The summed E-state index contributed by atoms with van der Waals surface area (Å²) in [5, 5.41) is 8.27. The second kappa shape index (κ2) is 17.6. The molecule has 12 nitrogen and oxygen atoms in total. The van der Waals surface area contributed by atoms with Gasteiger partial charge >= 0.3 is 0 Å². The first-order chi connectivity index (χ1) is 24.1. The lowest BCUT2D eigenvalue weighted by atomic mass is 9.94. The van der Waals surface area contributed by atoms with Crippen molar-refractivity contribution in [1.82, 2.24) is 25.6 Å². The Kier molecular flexibility index (Phi) is 13.3. The molecule has 3 aromatic heterocycles. The topological polar surface area (TPSA) is 165 Å². The van der Waals surface area contributed by atoms with Gasteiger partial charge in [0.05, 0.1) is 43.7 Å². The number of oxazole rings is 2. The largest absolute Gasteiger partial charge is 0.496 e.